The molecule has 1 aliphatic heterocycles. The van der Waals surface area contributed by atoms with Crippen molar-refractivity contribution in [1.29, 1.82) is 0 Å². The Balaban J connectivity index is 1.65. The van der Waals surface area contributed by atoms with E-state index in [0.29, 0.717) is 41.7 Å². The number of nitrogens with one attached hydrogen (secondary N) is 1. The Morgan fingerprint density at radius 3 is 2.28 bits per heavy atom. The zero-order valence-corrected chi connectivity index (χ0v) is 17.5. The second-order valence-electron chi connectivity index (χ2n) is 6.94. The standard InChI is InChI=1S/C22H28N2O5/c1-26-18-7-5-6-16(14-18)22(25)24-12-10-23(11-13-24)15-17-8-9-19(27-2)21(29-4)20(17)28-3/h5-9,14H,10-13,15H2,1-4H3/p+1. The molecule has 0 aromatic heterocycles. The van der Waals surface area contributed by atoms with Crippen LogP contribution in [0.4, 0.5) is 0 Å². The minimum absolute atomic E-state index is 0.0478. The van der Waals surface area contributed by atoms with Crippen LogP contribution in [0.25, 0.3) is 0 Å². The van der Waals surface area contributed by atoms with Crippen LogP contribution in [0.5, 0.6) is 23.0 Å². The Morgan fingerprint density at radius 1 is 0.931 bits per heavy atom. The molecule has 0 unspecified atom stereocenters. The SMILES string of the molecule is COc1cccc(C(=O)N2CC[NH+](Cc3ccc(OC)c(OC)c3OC)CC2)c1. The van der Waals surface area contributed by atoms with Crippen molar-refractivity contribution in [2.45, 2.75) is 6.54 Å². The van der Waals surface area contributed by atoms with Crippen molar-refractivity contribution >= 4 is 5.91 Å². The lowest BCUT2D eigenvalue weighted by molar-refractivity contribution is -0.917. The molecule has 0 spiro atoms. The minimum atomic E-state index is 0.0478. The molecule has 0 radical (unpaired) electrons. The van der Waals surface area contributed by atoms with Gasteiger partial charge in [-0.3, -0.25) is 4.79 Å². The van der Waals surface area contributed by atoms with Crippen LogP contribution in [-0.4, -0.2) is 65.4 Å². The number of hydrogen-bond donors (Lipinski definition) is 1. The molecule has 3 rings (SSSR count). The Labute approximate surface area is 171 Å². The van der Waals surface area contributed by atoms with Crippen LogP contribution >= 0.6 is 0 Å². The van der Waals surface area contributed by atoms with E-state index in [1.807, 2.05) is 35.2 Å². The molecule has 1 fully saturated rings. The second-order valence-corrected chi connectivity index (χ2v) is 6.94. The highest BCUT2D eigenvalue weighted by atomic mass is 16.5. The number of carbonyl (C=O) groups is 1. The number of quaternary nitrogens is 1. The summed E-state index contributed by atoms with van der Waals surface area (Å²) in [5, 5.41) is 0. The predicted octanol–water partition coefficient (Wildman–Crippen LogP) is 1.26. The van der Waals surface area contributed by atoms with Crippen molar-refractivity contribution in [2.75, 3.05) is 54.6 Å². The summed E-state index contributed by atoms with van der Waals surface area (Å²) in [5.74, 6) is 2.71. The fourth-order valence-corrected chi connectivity index (χ4v) is 3.71. The summed E-state index contributed by atoms with van der Waals surface area (Å²) in [6.45, 7) is 3.95. The highest BCUT2D eigenvalue weighted by Gasteiger charge is 2.26. The van der Waals surface area contributed by atoms with Crippen molar-refractivity contribution in [3.8, 4) is 23.0 Å². The minimum Gasteiger partial charge on any atom is -0.497 e. The molecule has 1 saturated heterocycles. The summed E-state index contributed by atoms with van der Waals surface area (Å²) >= 11 is 0. The smallest absolute Gasteiger partial charge is 0.254 e. The van der Waals surface area contributed by atoms with E-state index in [-0.39, 0.29) is 5.91 Å². The molecule has 0 atom stereocenters. The number of carbonyl (C=O) groups excluding carboxylic acids is 1. The van der Waals surface area contributed by atoms with Gasteiger partial charge in [0, 0.05) is 5.56 Å². The number of amides is 1. The van der Waals surface area contributed by atoms with Gasteiger partial charge >= 0.3 is 0 Å². The fourth-order valence-electron chi connectivity index (χ4n) is 3.71. The molecule has 1 heterocycles. The van der Waals surface area contributed by atoms with E-state index < -0.39 is 0 Å². The van der Waals surface area contributed by atoms with Crippen molar-refractivity contribution < 1.29 is 28.6 Å². The van der Waals surface area contributed by atoms with Gasteiger partial charge in [0.25, 0.3) is 5.91 Å². The van der Waals surface area contributed by atoms with E-state index in [0.717, 1.165) is 25.2 Å². The third kappa shape index (κ3) is 4.56. The van der Waals surface area contributed by atoms with Gasteiger partial charge in [-0.15, -0.1) is 0 Å². The average molecular weight is 401 g/mol. The van der Waals surface area contributed by atoms with Gasteiger partial charge < -0.3 is 28.7 Å². The summed E-state index contributed by atoms with van der Waals surface area (Å²) in [6.07, 6.45) is 0. The molecular weight excluding hydrogens is 372 g/mol. The van der Waals surface area contributed by atoms with Crippen LogP contribution in [0.2, 0.25) is 0 Å². The van der Waals surface area contributed by atoms with E-state index in [9.17, 15) is 4.79 Å². The van der Waals surface area contributed by atoms with Crippen LogP contribution in [0.15, 0.2) is 36.4 Å². The van der Waals surface area contributed by atoms with Crippen molar-refractivity contribution in [2.24, 2.45) is 0 Å². The number of hydrogen-bond acceptors (Lipinski definition) is 5. The zero-order valence-electron chi connectivity index (χ0n) is 17.5. The quantitative estimate of drug-likeness (QED) is 0.757. The first-order chi connectivity index (χ1) is 14.1. The molecule has 7 heteroatoms. The molecule has 0 aliphatic carbocycles. The largest absolute Gasteiger partial charge is 0.497 e. The van der Waals surface area contributed by atoms with Gasteiger partial charge in [-0.1, -0.05) is 6.07 Å². The monoisotopic (exact) mass is 401 g/mol. The van der Waals surface area contributed by atoms with Crippen LogP contribution in [0, 0.1) is 0 Å². The summed E-state index contributed by atoms with van der Waals surface area (Å²) in [5.41, 5.74) is 1.72. The van der Waals surface area contributed by atoms with E-state index in [1.165, 1.54) is 4.90 Å². The lowest BCUT2D eigenvalue weighted by atomic mass is 10.1. The Morgan fingerprint density at radius 2 is 1.66 bits per heavy atom. The maximum Gasteiger partial charge on any atom is 0.254 e. The third-order valence-electron chi connectivity index (χ3n) is 5.30. The molecule has 2 aromatic carbocycles. The van der Waals surface area contributed by atoms with E-state index >= 15 is 0 Å². The third-order valence-corrected chi connectivity index (χ3v) is 5.30. The molecule has 1 aliphatic rings. The molecule has 29 heavy (non-hydrogen) atoms. The number of ether oxygens (including phenoxy) is 4. The van der Waals surface area contributed by atoms with Crippen LogP contribution < -0.4 is 23.8 Å². The maximum absolute atomic E-state index is 12.8. The maximum atomic E-state index is 12.8. The number of piperazine rings is 1. The van der Waals surface area contributed by atoms with Crippen LogP contribution in [0.3, 0.4) is 0 Å². The predicted molar refractivity (Wildman–Crippen MR) is 109 cm³/mol. The number of methoxy groups -OCH3 is 4. The molecule has 1 amide bonds. The average Bonchev–Trinajstić information content (AvgIpc) is 2.78. The number of benzene rings is 2. The van der Waals surface area contributed by atoms with E-state index in [4.69, 9.17) is 18.9 Å². The summed E-state index contributed by atoms with van der Waals surface area (Å²) in [7, 11) is 6.47. The zero-order chi connectivity index (χ0) is 20.8. The van der Waals surface area contributed by atoms with Gasteiger partial charge in [0.05, 0.1) is 60.2 Å². The summed E-state index contributed by atoms with van der Waals surface area (Å²) in [4.78, 5) is 16.1. The normalized spacial score (nSPS) is 14.4. The Hall–Kier alpha value is -2.93. The molecule has 0 bridgehead atoms. The number of nitrogens with zero attached hydrogens (tertiary/aromatic N) is 1. The van der Waals surface area contributed by atoms with Crippen molar-refractivity contribution in [3.05, 3.63) is 47.5 Å². The van der Waals surface area contributed by atoms with E-state index in [1.54, 1.807) is 34.5 Å². The Kier molecular flexibility index (Phi) is 6.82. The molecule has 0 saturated carbocycles. The summed E-state index contributed by atoms with van der Waals surface area (Å²) in [6, 6.07) is 11.2. The van der Waals surface area contributed by atoms with Crippen LogP contribution in [-0.2, 0) is 6.54 Å². The first-order valence-corrected chi connectivity index (χ1v) is 9.66. The highest BCUT2D eigenvalue weighted by molar-refractivity contribution is 5.94. The Bertz CT molecular complexity index is 847. The fraction of sp³-hybridized carbons (Fsp3) is 0.409. The number of rotatable bonds is 7. The second kappa shape index (κ2) is 9.52. The molecular formula is C22H29N2O5+. The lowest BCUT2D eigenvalue weighted by Crippen LogP contribution is -3.13. The topological polar surface area (TPSA) is 61.7 Å². The van der Waals surface area contributed by atoms with E-state index in [2.05, 4.69) is 0 Å². The van der Waals surface area contributed by atoms with Crippen LogP contribution in [0.1, 0.15) is 15.9 Å². The molecule has 156 valence electrons. The molecule has 1 N–H and O–H groups in total. The van der Waals surface area contributed by atoms with Crippen molar-refractivity contribution in [3.63, 3.8) is 0 Å². The molecule has 7 nitrogen and oxygen atoms in total. The highest BCUT2D eigenvalue weighted by Crippen LogP contribution is 2.39. The first kappa shape index (κ1) is 20.8. The first-order valence-electron chi connectivity index (χ1n) is 9.66. The van der Waals surface area contributed by atoms with Gasteiger partial charge in [0.1, 0.15) is 12.3 Å². The van der Waals surface area contributed by atoms with Gasteiger partial charge in [-0.25, -0.2) is 0 Å². The lowest BCUT2D eigenvalue weighted by Gasteiger charge is -2.32. The van der Waals surface area contributed by atoms with Gasteiger partial charge in [0.2, 0.25) is 5.75 Å². The van der Waals surface area contributed by atoms with Crippen molar-refractivity contribution in [1.82, 2.24) is 4.90 Å². The van der Waals surface area contributed by atoms with Gasteiger partial charge in [0.15, 0.2) is 11.5 Å². The summed E-state index contributed by atoms with van der Waals surface area (Å²) < 4.78 is 21.7. The van der Waals surface area contributed by atoms with Gasteiger partial charge in [-0.05, 0) is 30.3 Å². The van der Waals surface area contributed by atoms with Gasteiger partial charge in [-0.2, -0.15) is 0 Å². The molecule has 2 aromatic rings.